The summed E-state index contributed by atoms with van der Waals surface area (Å²) in [7, 11) is 0. The van der Waals surface area contributed by atoms with Gasteiger partial charge in [0.05, 0.1) is 11.2 Å². The van der Waals surface area contributed by atoms with Crippen LogP contribution in [0.5, 0.6) is 0 Å². The van der Waals surface area contributed by atoms with Gasteiger partial charge in [-0.3, -0.25) is 0 Å². The van der Waals surface area contributed by atoms with Crippen LogP contribution in [0.15, 0.2) is 10.9 Å². The van der Waals surface area contributed by atoms with E-state index in [0.29, 0.717) is 11.5 Å². The quantitative estimate of drug-likeness (QED) is 0.882. The Kier molecular flexibility index (Phi) is 3.69. The van der Waals surface area contributed by atoms with Crippen molar-refractivity contribution in [1.82, 2.24) is 10.3 Å². The molecule has 1 N–H and O–H groups in total. The van der Waals surface area contributed by atoms with Gasteiger partial charge in [-0.25, -0.2) is 4.98 Å². The first-order chi connectivity index (χ1) is 7.18. The van der Waals surface area contributed by atoms with Gasteiger partial charge >= 0.3 is 0 Å². The normalized spacial score (nSPS) is 25.3. The van der Waals surface area contributed by atoms with Crippen LogP contribution in [0.4, 0.5) is 0 Å². The van der Waals surface area contributed by atoms with E-state index < -0.39 is 0 Å². The summed E-state index contributed by atoms with van der Waals surface area (Å²) in [6, 6.07) is 0.623. The Hall–Kier alpha value is -0.0600. The van der Waals surface area contributed by atoms with Gasteiger partial charge in [0, 0.05) is 23.7 Å². The Morgan fingerprint density at radius 1 is 1.60 bits per heavy atom. The van der Waals surface area contributed by atoms with Crippen molar-refractivity contribution in [3.63, 3.8) is 0 Å². The molecule has 2 rings (SSSR count). The molecule has 2 heterocycles. The molecule has 4 heteroatoms. The van der Waals surface area contributed by atoms with Crippen LogP contribution in [-0.4, -0.2) is 22.5 Å². The predicted molar refractivity (Wildman–Crippen MR) is 68.5 cm³/mol. The van der Waals surface area contributed by atoms with Crippen molar-refractivity contribution >= 4 is 23.1 Å². The van der Waals surface area contributed by atoms with Crippen molar-refractivity contribution in [3.8, 4) is 0 Å². The monoisotopic (exact) mass is 242 g/mol. The third kappa shape index (κ3) is 2.95. The lowest BCUT2D eigenvalue weighted by atomic mass is 9.82. The molecule has 0 radical (unpaired) electrons. The van der Waals surface area contributed by atoms with Crippen molar-refractivity contribution in [3.05, 3.63) is 16.6 Å². The molecule has 1 saturated heterocycles. The van der Waals surface area contributed by atoms with E-state index in [1.807, 2.05) is 5.51 Å². The molecule has 0 aromatic carbocycles. The van der Waals surface area contributed by atoms with E-state index in [-0.39, 0.29) is 0 Å². The molecule has 1 aromatic rings. The van der Waals surface area contributed by atoms with Crippen LogP contribution in [-0.2, 0) is 6.54 Å². The zero-order valence-electron chi connectivity index (χ0n) is 9.32. The van der Waals surface area contributed by atoms with E-state index in [4.69, 9.17) is 0 Å². The summed E-state index contributed by atoms with van der Waals surface area (Å²) in [5.74, 6) is 2.54. The number of nitrogens with zero attached hydrogens (tertiary/aromatic N) is 1. The van der Waals surface area contributed by atoms with Crippen molar-refractivity contribution in [1.29, 1.82) is 0 Å². The molecule has 1 aliphatic rings. The largest absolute Gasteiger partial charge is 0.307 e. The average molecular weight is 242 g/mol. The fourth-order valence-electron chi connectivity index (χ4n) is 1.82. The summed E-state index contributed by atoms with van der Waals surface area (Å²) in [5.41, 5.74) is 3.50. The van der Waals surface area contributed by atoms with E-state index in [1.165, 1.54) is 23.6 Å². The van der Waals surface area contributed by atoms with Crippen molar-refractivity contribution in [2.75, 3.05) is 11.5 Å². The lowest BCUT2D eigenvalue weighted by Gasteiger charge is -2.38. The fourth-order valence-corrected chi connectivity index (χ4v) is 4.02. The molecule has 1 aromatic heterocycles. The molecule has 84 valence electrons. The lowest BCUT2D eigenvalue weighted by Crippen LogP contribution is -2.46. The minimum absolute atomic E-state index is 0.432. The molecule has 0 amide bonds. The third-order valence-electron chi connectivity index (χ3n) is 3.13. The van der Waals surface area contributed by atoms with Crippen molar-refractivity contribution in [2.24, 2.45) is 5.41 Å². The molecule has 0 spiro atoms. The zero-order valence-corrected chi connectivity index (χ0v) is 11.0. The van der Waals surface area contributed by atoms with Crippen molar-refractivity contribution in [2.45, 2.75) is 32.9 Å². The summed E-state index contributed by atoms with van der Waals surface area (Å²) >= 11 is 3.73. The first kappa shape index (κ1) is 11.4. The van der Waals surface area contributed by atoms with E-state index in [9.17, 15) is 0 Å². The highest BCUT2D eigenvalue weighted by molar-refractivity contribution is 7.99. The second-order valence-electron chi connectivity index (χ2n) is 4.73. The maximum absolute atomic E-state index is 4.30. The maximum atomic E-state index is 4.30. The van der Waals surface area contributed by atoms with Crippen LogP contribution >= 0.6 is 23.1 Å². The number of thiazole rings is 1. The Morgan fingerprint density at radius 2 is 2.47 bits per heavy atom. The summed E-state index contributed by atoms with van der Waals surface area (Å²) in [5, 5.41) is 5.76. The second kappa shape index (κ2) is 4.85. The molecule has 0 aliphatic carbocycles. The van der Waals surface area contributed by atoms with Gasteiger partial charge in [-0.05, 0) is 17.6 Å². The number of aromatic nitrogens is 1. The zero-order chi connectivity index (χ0) is 10.7. The van der Waals surface area contributed by atoms with Gasteiger partial charge < -0.3 is 5.32 Å². The maximum Gasteiger partial charge on any atom is 0.0795 e. The summed E-state index contributed by atoms with van der Waals surface area (Å²) in [6.45, 7) is 5.65. The van der Waals surface area contributed by atoms with Gasteiger partial charge in [0.2, 0.25) is 0 Å². The predicted octanol–water partition coefficient (Wildman–Crippen LogP) is 2.76. The smallest absolute Gasteiger partial charge is 0.0795 e. The number of rotatable bonds is 3. The number of hydrogen-bond donors (Lipinski definition) is 1. The summed E-state index contributed by atoms with van der Waals surface area (Å²) in [6.07, 6.45) is 1.31. The topological polar surface area (TPSA) is 24.9 Å². The number of nitrogens with one attached hydrogen (secondary N) is 1. The highest BCUT2D eigenvalue weighted by Gasteiger charge is 2.31. The molecular weight excluding hydrogens is 224 g/mol. The fraction of sp³-hybridized carbons (Fsp3) is 0.727. The molecule has 0 bridgehead atoms. The standard InChI is InChI=1S/C11H18N2S2/c1-11(2)3-4-14-7-10(11)12-5-9-6-15-8-13-9/h6,8,10,12H,3-5,7H2,1-2H3. The minimum atomic E-state index is 0.432. The van der Waals surface area contributed by atoms with E-state index in [1.54, 1.807) is 11.3 Å². The van der Waals surface area contributed by atoms with Gasteiger partial charge in [-0.1, -0.05) is 13.8 Å². The highest BCUT2D eigenvalue weighted by atomic mass is 32.2. The van der Waals surface area contributed by atoms with Crippen LogP contribution in [0, 0.1) is 5.41 Å². The first-order valence-corrected chi connectivity index (χ1v) is 7.46. The van der Waals surface area contributed by atoms with Crippen LogP contribution in [0.25, 0.3) is 0 Å². The second-order valence-corrected chi connectivity index (χ2v) is 6.60. The Labute approximate surface area is 99.9 Å². The molecule has 1 atom stereocenters. The van der Waals surface area contributed by atoms with Gasteiger partial charge in [0.15, 0.2) is 0 Å². The van der Waals surface area contributed by atoms with Gasteiger partial charge in [0.1, 0.15) is 0 Å². The van der Waals surface area contributed by atoms with Gasteiger partial charge in [-0.15, -0.1) is 11.3 Å². The van der Waals surface area contributed by atoms with Crippen LogP contribution in [0.3, 0.4) is 0 Å². The third-order valence-corrected chi connectivity index (χ3v) is 4.83. The molecule has 1 aliphatic heterocycles. The minimum Gasteiger partial charge on any atom is -0.307 e. The van der Waals surface area contributed by atoms with Gasteiger partial charge in [0.25, 0.3) is 0 Å². The van der Waals surface area contributed by atoms with Crippen LogP contribution in [0.1, 0.15) is 26.0 Å². The Balaban J connectivity index is 1.88. The van der Waals surface area contributed by atoms with Crippen molar-refractivity contribution < 1.29 is 0 Å². The highest BCUT2D eigenvalue weighted by Crippen LogP contribution is 2.34. The molecule has 0 saturated carbocycles. The SMILES string of the molecule is CC1(C)CCSCC1NCc1cscn1. The molecule has 1 unspecified atom stereocenters. The molecule has 15 heavy (non-hydrogen) atoms. The average Bonchev–Trinajstić information content (AvgIpc) is 2.68. The summed E-state index contributed by atoms with van der Waals surface area (Å²) in [4.78, 5) is 4.30. The molecular formula is C11H18N2S2. The summed E-state index contributed by atoms with van der Waals surface area (Å²) < 4.78 is 0. The van der Waals surface area contributed by atoms with E-state index >= 15 is 0 Å². The number of thioether (sulfide) groups is 1. The lowest BCUT2D eigenvalue weighted by molar-refractivity contribution is 0.244. The first-order valence-electron chi connectivity index (χ1n) is 5.37. The van der Waals surface area contributed by atoms with E-state index in [0.717, 1.165) is 6.54 Å². The Morgan fingerprint density at radius 3 is 3.13 bits per heavy atom. The van der Waals surface area contributed by atoms with Crippen LogP contribution in [0.2, 0.25) is 0 Å². The van der Waals surface area contributed by atoms with E-state index in [2.05, 4.69) is 41.3 Å². The number of hydrogen-bond acceptors (Lipinski definition) is 4. The van der Waals surface area contributed by atoms with Gasteiger partial charge in [-0.2, -0.15) is 11.8 Å². The van der Waals surface area contributed by atoms with Crippen LogP contribution < -0.4 is 5.32 Å². The molecule has 2 nitrogen and oxygen atoms in total. The molecule has 1 fully saturated rings. The Bertz CT molecular complexity index is 296.